The Morgan fingerprint density at radius 2 is 0.816 bits per heavy atom. The topological polar surface area (TPSA) is 372 Å². The van der Waals surface area contributed by atoms with Crippen molar-refractivity contribution in [2.45, 2.75) is 263 Å². The molecule has 2 heterocycles. The zero-order valence-corrected chi connectivity index (χ0v) is 67.8. The minimum absolute atomic E-state index is 0.0253. The van der Waals surface area contributed by atoms with Gasteiger partial charge in [-0.15, -0.1) is 0 Å². The van der Waals surface area contributed by atoms with E-state index in [1.165, 1.54) is 24.3 Å². The van der Waals surface area contributed by atoms with E-state index in [1.54, 1.807) is 140 Å². The highest BCUT2D eigenvalue weighted by Crippen LogP contribution is 2.43. The smallest absolute Gasteiger partial charge is 0.408 e. The van der Waals surface area contributed by atoms with Gasteiger partial charge < -0.3 is 98.2 Å². The summed E-state index contributed by atoms with van der Waals surface area (Å²) < 4.78 is 90.0. The highest BCUT2D eigenvalue weighted by atomic mass is 16.7. The van der Waals surface area contributed by atoms with Crippen molar-refractivity contribution in [2.75, 3.05) is 19.7 Å². The molecule has 2 aliphatic heterocycles. The average molecular weight is 1590 g/mol. The Morgan fingerprint density at radius 3 is 1.28 bits per heavy atom. The van der Waals surface area contributed by atoms with Crippen molar-refractivity contribution in [1.29, 1.82) is 0 Å². The lowest BCUT2D eigenvalue weighted by Crippen LogP contribution is -2.71. The molecule has 114 heavy (non-hydrogen) atoms. The van der Waals surface area contributed by atoms with E-state index in [-0.39, 0.29) is 37.1 Å². The number of hydrogen-bond donors (Lipinski definition) is 6. The predicted octanol–water partition coefficient (Wildman–Crippen LogP) is 11.3. The molecular formula is C84H110N6O24. The number of amides is 6. The summed E-state index contributed by atoms with van der Waals surface area (Å²) >= 11 is 0. The fourth-order valence-corrected chi connectivity index (χ4v) is 13.0. The Hall–Kier alpha value is -10.4. The summed E-state index contributed by atoms with van der Waals surface area (Å²) in [5.41, 5.74) is -5.00. The standard InChI is InChI=1S/C84H110N6O24/c1-50(91)102-66-62(49-101-84(54-37-27-20-28-38-54,55-39-29-21-30-40-55)56-41-31-22-32-42-56)106-73(67(63(66)90-78(100)114-83(15,16)17)107-71(95)53-35-25-19-26-36-53)109-64-59(87-69(93)61(45-46-85-74(96)110-79(3,4)5)105-70(94)52-33-23-18-24-34-52)47-60(89-77(99)113-82(12,13)14)65(68(64)103-51(2)92)108-72-58(88-76(98)112-81(9,10)11)44-43-57(104-72)48-86-75(97)111-80(6,7)8/h18-42,57-68,72-73H,43-49H2,1-17H3,(H,85,96)(H,86,97)(H,87,93)(H,88,98)(H,89,99)(H,90,100)/t57?,58?,59-,60-,61+,62?,63+,64+,65?,66+,67?,68?,72-,73-/m1/s1. The highest BCUT2D eigenvalue weighted by molar-refractivity contribution is 5.92. The van der Waals surface area contributed by atoms with Crippen molar-refractivity contribution in [3.8, 4) is 0 Å². The Bertz CT molecular complexity index is 3940. The van der Waals surface area contributed by atoms with Gasteiger partial charge in [-0.1, -0.05) is 127 Å². The van der Waals surface area contributed by atoms with Gasteiger partial charge in [-0.2, -0.15) is 0 Å². The molecule has 5 aromatic rings. The maximum atomic E-state index is 15.8. The third-order valence-corrected chi connectivity index (χ3v) is 17.4. The minimum Gasteiger partial charge on any atom is -0.457 e. The molecule has 0 aromatic heterocycles. The first-order valence-electron chi connectivity index (χ1n) is 38.0. The SMILES string of the molecule is CC(=O)OC1C(O[C@H]2OC(CNC(=O)OC(C)(C)C)CCC2NC(=O)OC(C)(C)C)[C@H](NC(=O)OC(C)(C)C)C[C@@H](NC(=O)[C@H](CCNC(=O)OC(C)(C)C)OC(=O)c2ccccc2)[C@@H]1O[C@H]1OC(COC(c2ccccc2)(c2ccccc2)c2ccccc2)[C@H](OC(C)=O)[C@H](NC(=O)OC(C)(C)C)C1OC(=O)c1ccccc1. The summed E-state index contributed by atoms with van der Waals surface area (Å²) in [5, 5.41) is 16.8. The van der Waals surface area contributed by atoms with E-state index in [2.05, 4.69) is 31.9 Å². The molecule has 5 aromatic carbocycles. The van der Waals surface area contributed by atoms with Crippen LogP contribution in [0.25, 0.3) is 0 Å². The van der Waals surface area contributed by atoms with Crippen molar-refractivity contribution in [1.82, 2.24) is 31.9 Å². The Morgan fingerprint density at radius 1 is 0.412 bits per heavy atom. The number of rotatable bonds is 26. The van der Waals surface area contributed by atoms with Crippen molar-refractivity contribution in [2.24, 2.45) is 0 Å². The monoisotopic (exact) mass is 1590 g/mol. The maximum absolute atomic E-state index is 15.8. The number of nitrogens with one attached hydrogen (secondary N) is 6. The van der Waals surface area contributed by atoms with Crippen LogP contribution in [-0.2, 0) is 86.3 Å². The molecule has 30 heteroatoms. The van der Waals surface area contributed by atoms with Crippen LogP contribution in [0.4, 0.5) is 24.0 Å². The van der Waals surface area contributed by atoms with Crippen molar-refractivity contribution in [3.63, 3.8) is 0 Å². The average Bonchev–Trinajstić information content (AvgIpc) is 0.752. The van der Waals surface area contributed by atoms with Crippen molar-refractivity contribution in [3.05, 3.63) is 179 Å². The lowest BCUT2D eigenvalue weighted by atomic mass is 9.80. The van der Waals surface area contributed by atoms with Crippen LogP contribution in [0.5, 0.6) is 0 Å². The van der Waals surface area contributed by atoms with Crippen LogP contribution in [0.15, 0.2) is 152 Å². The molecule has 620 valence electrons. The Labute approximate surface area is 665 Å². The van der Waals surface area contributed by atoms with Crippen molar-refractivity contribution >= 4 is 60.3 Å². The fraction of sp³-hybridized carbons (Fsp3) is 0.524. The fourth-order valence-electron chi connectivity index (χ4n) is 13.0. The van der Waals surface area contributed by atoms with Crippen molar-refractivity contribution < 1.29 is 114 Å². The summed E-state index contributed by atoms with van der Waals surface area (Å²) in [7, 11) is 0. The molecule has 0 bridgehead atoms. The molecule has 0 spiro atoms. The van der Waals surface area contributed by atoms with E-state index >= 15 is 9.59 Å². The number of benzene rings is 5. The molecule has 1 saturated carbocycles. The lowest BCUT2D eigenvalue weighted by molar-refractivity contribution is -0.320. The van der Waals surface area contributed by atoms with Crippen LogP contribution in [0.1, 0.15) is 181 Å². The van der Waals surface area contributed by atoms with Crippen LogP contribution < -0.4 is 31.9 Å². The minimum atomic E-state index is -2.14. The molecule has 0 radical (unpaired) electrons. The lowest BCUT2D eigenvalue weighted by Gasteiger charge is -2.51. The Balaban J connectivity index is 1.38. The van der Waals surface area contributed by atoms with Crippen LogP contribution in [0.2, 0.25) is 0 Å². The molecule has 6 unspecified atom stereocenters. The molecule has 14 atom stereocenters. The van der Waals surface area contributed by atoms with Crippen LogP contribution in [-0.4, -0.2) is 194 Å². The van der Waals surface area contributed by atoms with Crippen LogP contribution in [0, 0.1) is 0 Å². The quantitative estimate of drug-likeness (QED) is 0.0170. The molecular weight excluding hydrogens is 1480 g/mol. The first-order chi connectivity index (χ1) is 53.5. The van der Waals surface area contributed by atoms with E-state index in [9.17, 15) is 38.4 Å². The van der Waals surface area contributed by atoms with E-state index in [1.807, 2.05) is 91.0 Å². The third-order valence-electron chi connectivity index (χ3n) is 17.4. The molecule has 6 amide bonds. The van der Waals surface area contributed by atoms with Gasteiger partial charge in [0.2, 0.25) is 0 Å². The second-order valence-corrected chi connectivity index (χ2v) is 32.8. The normalized spacial score (nSPS) is 22.9. The van der Waals surface area contributed by atoms with Gasteiger partial charge in [-0.3, -0.25) is 14.4 Å². The first-order valence-corrected chi connectivity index (χ1v) is 38.0. The highest BCUT2D eigenvalue weighted by Gasteiger charge is 2.58. The summed E-state index contributed by atoms with van der Waals surface area (Å²) in [5.74, 6) is -5.05. The van der Waals surface area contributed by atoms with Gasteiger partial charge in [0.05, 0.1) is 42.0 Å². The summed E-state index contributed by atoms with van der Waals surface area (Å²) in [6.07, 6.45) is -23.2. The molecule has 30 nitrogen and oxygen atoms in total. The zero-order valence-electron chi connectivity index (χ0n) is 67.8. The summed E-state index contributed by atoms with van der Waals surface area (Å²) in [6.45, 7) is 25.6. The van der Waals surface area contributed by atoms with Crippen LogP contribution in [0.3, 0.4) is 0 Å². The van der Waals surface area contributed by atoms with E-state index in [0.29, 0.717) is 16.7 Å². The molecule has 1 aliphatic carbocycles. The second-order valence-electron chi connectivity index (χ2n) is 32.8. The number of hydrogen-bond acceptors (Lipinski definition) is 24. The van der Waals surface area contributed by atoms with E-state index < -0.39 is 199 Å². The maximum Gasteiger partial charge on any atom is 0.408 e. The Kier molecular flexibility index (Phi) is 30.6. The number of carbonyl (C=O) groups is 10. The van der Waals surface area contributed by atoms with Gasteiger partial charge in [0.25, 0.3) is 5.91 Å². The first kappa shape index (κ1) is 89.2. The number of alkyl carbamates (subject to hydrolysis) is 5. The number of ether oxygens (including phenoxy) is 14. The second kappa shape index (κ2) is 39.1. The molecule has 8 rings (SSSR count). The number of esters is 4. The molecule has 3 aliphatic rings. The zero-order chi connectivity index (χ0) is 83.5. The largest absolute Gasteiger partial charge is 0.457 e. The summed E-state index contributed by atoms with van der Waals surface area (Å²) in [4.78, 5) is 144. The molecule has 3 fully saturated rings. The van der Waals surface area contributed by atoms with Crippen LogP contribution >= 0.6 is 0 Å². The van der Waals surface area contributed by atoms with Gasteiger partial charge in [-0.05, 0) is 164 Å². The van der Waals surface area contributed by atoms with Gasteiger partial charge in [0.15, 0.2) is 37.0 Å². The third kappa shape index (κ3) is 27.2. The van der Waals surface area contributed by atoms with Gasteiger partial charge >= 0.3 is 54.3 Å². The van der Waals surface area contributed by atoms with Gasteiger partial charge in [0, 0.05) is 33.4 Å². The van der Waals surface area contributed by atoms with E-state index in [4.69, 9.17) is 66.3 Å². The molecule has 2 saturated heterocycles. The molecule has 6 N–H and O–H groups in total. The van der Waals surface area contributed by atoms with Gasteiger partial charge in [-0.25, -0.2) is 33.6 Å². The number of carbonyl (C=O) groups excluding carboxylic acids is 10. The predicted molar refractivity (Wildman–Crippen MR) is 413 cm³/mol. The summed E-state index contributed by atoms with van der Waals surface area (Å²) in [6, 6.07) is 36.8. The van der Waals surface area contributed by atoms with E-state index in [0.717, 1.165) is 13.8 Å². The van der Waals surface area contributed by atoms with Gasteiger partial charge in [0.1, 0.15) is 58.0 Å².